The van der Waals surface area contributed by atoms with Gasteiger partial charge < -0.3 is 10.1 Å². The Morgan fingerprint density at radius 1 is 0.903 bits per heavy atom. The van der Waals surface area contributed by atoms with E-state index in [2.05, 4.69) is 17.6 Å². The fourth-order valence-electron chi connectivity index (χ4n) is 3.42. The third-order valence-corrected chi connectivity index (χ3v) is 5.03. The molecule has 0 aliphatic rings. The van der Waals surface area contributed by atoms with Crippen molar-refractivity contribution in [3.63, 3.8) is 0 Å². The van der Waals surface area contributed by atoms with E-state index < -0.39 is 17.0 Å². The zero-order valence-corrected chi connectivity index (χ0v) is 19.2. The summed E-state index contributed by atoms with van der Waals surface area (Å²) in [5.41, 5.74) is -0.406. The summed E-state index contributed by atoms with van der Waals surface area (Å²) in [6, 6.07) is 18.9. The number of hydrogen-bond donors (Lipinski definition) is 2. The molecule has 5 nitrogen and oxygen atoms in total. The van der Waals surface area contributed by atoms with E-state index in [9.17, 15) is 9.59 Å². The predicted octanol–water partition coefficient (Wildman–Crippen LogP) is 5.01. The highest BCUT2D eigenvalue weighted by molar-refractivity contribution is 5.91. The number of para-hydroxylation sites is 1. The Bertz CT molecular complexity index is 816. The monoisotopic (exact) mass is 424 g/mol. The summed E-state index contributed by atoms with van der Waals surface area (Å²) in [4.78, 5) is 26.4. The van der Waals surface area contributed by atoms with Crippen LogP contribution in [0, 0.1) is 0 Å². The molecular weight excluding hydrogens is 388 g/mol. The van der Waals surface area contributed by atoms with Gasteiger partial charge in [-0.1, -0.05) is 74.7 Å². The molecule has 0 saturated carbocycles. The smallest absolute Gasteiger partial charge is 0.313 e. The van der Waals surface area contributed by atoms with Gasteiger partial charge >= 0.3 is 5.97 Å². The fourth-order valence-corrected chi connectivity index (χ4v) is 3.42. The zero-order chi connectivity index (χ0) is 22.7. The average molecular weight is 425 g/mol. The Balaban J connectivity index is 2.28. The minimum absolute atomic E-state index is 0.0413. The van der Waals surface area contributed by atoms with Gasteiger partial charge in [0.15, 0.2) is 0 Å². The number of unbranched alkanes of at least 4 members (excludes halogenated alkanes) is 2. The second kappa shape index (κ2) is 11.7. The lowest BCUT2D eigenvalue weighted by Crippen LogP contribution is -2.61. The molecule has 0 aliphatic carbocycles. The molecule has 0 bridgehead atoms. The first-order valence-electron chi connectivity index (χ1n) is 11.1. The minimum atomic E-state index is -1.05. The molecule has 0 aromatic heterocycles. The predicted molar refractivity (Wildman–Crippen MR) is 125 cm³/mol. The molecule has 2 aromatic rings. The van der Waals surface area contributed by atoms with Crippen molar-refractivity contribution in [2.24, 2.45) is 0 Å². The summed E-state index contributed by atoms with van der Waals surface area (Å²) in [6.45, 7) is 8.45. The van der Waals surface area contributed by atoms with Gasteiger partial charge in [0, 0.05) is 12.1 Å². The molecule has 2 N–H and O–H groups in total. The Morgan fingerprint density at radius 2 is 1.52 bits per heavy atom. The third-order valence-electron chi connectivity index (χ3n) is 5.03. The first kappa shape index (κ1) is 24.6. The number of ether oxygens (including phenoxy) is 1. The SMILES string of the molecule is CCCCCC(CC(=O)Oc1ccccc1)(NCc1ccccc1)C(=O)NC(C)(C)C. The van der Waals surface area contributed by atoms with Crippen LogP contribution in [0.3, 0.4) is 0 Å². The molecule has 168 valence electrons. The highest BCUT2D eigenvalue weighted by Crippen LogP contribution is 2.24. The van der Waals surface area contributed by atoms with E-state index >= 15 is 0 Å². The van der Waals surface area contributed by atoms with Crippen molar-refractivity contribution in [1.82, 2.24) is 10.6 Å². The second-order valence-corrected chi connectivity index (χ2v) is 9.05. The molecule has 31 heavy (non-hydrogen) atoms. The van der Waals surface area contributed by atoms with Crippen LogP contribution in [0.15, 0.2) is 60.7 Å². The van der Waals surface area contributed by atoms with Crippen LogP contribution in [0.4, 0.5) is 0 Å². The van der Waals surface area contributed by atoms with Crippen molar-refractivity contribution in [3.05, 3.63) is 66.2 Å². The van der Waals surface area contributed by atoms with Gasteiger partial charge in [0.2, 0.25) is 5.91 Å². The van der Waals surface area contributed by atoms with Gasteiger partial charge in [0.05, 0.1) is 6.42 Å². The molecule has 0 aliphatic heterocycles. The van der Waals surface area contributed by atoms with Gasteiger partial charge in [0.25, 0.3) is 0 Å². The van der Waals surface area contributed by atoms with E-state index in [0.717, 1.165) is 24.8 Å². The molecule has 2 rings (SSSR count). The Kier molecular flexibility index (Phi) is 9.25. The van der Waals surface area contributed by atoms with Crippen LogP contribution in [-0.4, -0.2) is 23.0 Å². The Morgan fingerprint density at radius 3 is 2.10 bits per heavy atom. The summed E-state index contributed by atoms with van der Waals surface area (Å²) >= 11 is 0. The average Bonchev–Trinajstić information content (AvgIpc) is 2.72. The highest BCUT2D eigenvalue weighted by atomic mass is 16.5. The molecule has 1 amide bonds. The first-order chi connectivity index (χ1) is 14.7. The summed E-state index contributed by atoms with van der Waals surface area (Å²) in [5, 5.41) is 6.52. The van der Waals surface area contributed by atoms with Crippen LogP contribution in [0.5, 0.6) is 5.75 Å². The van der Waals surface area contributed by atoms with Gasteiger partial charge in [0.1, 0.15) is 11.3 Å². The number of amides is 1. The molecule has 1 unspecified atom stereocenters. The van der Waals surface area contributed by atoms with Crippen molar-refractivity contribution in [1.29, 1.82) is 0 Å². The van der Waals surface area contributed by atoms with E-state index in [1.54, 1.807) is 12.1 Å². The van der Waals surface area contributed by atoms with E-state index in [0.29, 0.717) is 18.7 Å². The Hall–Kier alpha value is -2.66. The standard InChI is InChI=1S/C26H36N2O3/c1-5-6-13-18-26(24(30)28-25(2,3)4,27-20-21-14-9-7-10-15-21)19-23(29)31-22-16-11-8-12-17-22/h7-12,14-17,27H,5-6,13,18-20H2,1-4H3,(H,28,30). The van der Waals surface area contributed by atoms with Crippen molar-refractivity contribution >= 4 is 11.9 Å². The molecule has 0 saturated heterocycles. The van der Waals surface area contributed by atoms with Crippen molar-refractivity contribution in [3.8, 4) is 5.75 Å². The topological polar surface area (TPSA) is 67.4 Å². The summed E-state index contributed by atoms with van der Waals surface area (Å²) in [6.07, 6.45) is 3.38. The number of carbonyl (C=O) groups is 2. The Labute approximate surface area is 186 Å². The van der Waals surface area contributed by atoms with Gasteiger partial charge in [-0.2, -0.15) is 0 Å². The van der Waals surface area contributed by atoms with E-state index in [4.69, 9.17) is 4.74 Å². The number of esters is 1. The third kappa shape index (κ3) is 8.54. The molecule has 0 heterocycles. The molecule has 0 spiro atoms. The van der Waals surface area contributed by atoms with Gasteiger partial charge in [-0.25, -0.2) is 0 Å². The van der Waals surface area contributed by atoms with Gasteiger partial charge in [-0.05, 0) is 44.9 Å². The molecule has 0 fully saturated rings. The minimum Gasteiger partial charge on any atom is -0.426 e. The van der Waals surface area contributed by atoms with Crippen molar-refractivity contribution in [2.45, 2.75) is 77.4 Å². The highest BCUT2D eigenvalue weighted by Gasteiger charge is 2.41. The second-order valence-electron chi connectivity index (χ2n) is 9.05. The van der Waals surface area contributed by atoms with Crippen molar-refractivity contribution in [2.75, 3.05) is 0 Å². The van der Waals surface area contributed by atoms with Crippen molar-refractivity contribution < 1.29 is 14.3 Å². The quantitative estimate of drug-likeness (QED) is 0.302. The van der Waals surface area contributed by atoms with Gasteiger partial charge in [-0.3, -0.25) is 14.9 Å². The van der Waals surface area contributed by atoms with E-state index in [1.165, 1.54) is 0 Å². The summed E-state index contributed by atoms with van der Waals surface area (Å²) < 4.78 is 5.55. The number of benzene rings is 2. The van der Waals surface area contributed by atoms with Crippen LogP contribution < -0.4 is 15.4 Å². The van der Waals surface area contributed by atoms with E-state index in [1.807, 2.05) is 69.3 Å². The van der Waals surface area contributed by atoms with Crippen LogP contribution in [0.25, 0.3) is 0 Å². The van der Waals surface area contributed by atoms with Crippen LogP contribution in [0.1, 0.15) is 65.4 Å². The zero-order valence-electron chi connectivity index (χ0n) is 19.2. The number of hydrogen-bond acceptors (Lipinski definition) is 4. The maximum absolute atomic E-state index is 13.5. The largest absolute Gasteiger partial charge is 0.426 e. The molecule has 0 radical (unpaired) electrons. The maximum atomic E-state index is 13.5. The van der Waals surface area contributed by atoms with Crippen LogP contribution >= 0.6 is 0 Å². The fraction of sp³-hybridized carbons (Fsp3) is 0.462. The molecule has 5 heteroatoms. The van der Waals surface area contributed by atoms with Crippen LogP contribution in [0.2, 0.25) is 0 Å². The molecule has 1 atom stereocenters. The normalized spacial score (nSPS) is 13.3. The lowest BCUT2D eigenvalue weighted by atomic mass is 9.86. The first-order valence-corrected chi connectivity index (χ1v) is 11.1. The number of nitrogens with one attached hydrogen (secondary N) is 2. The van der Waals surface area contributed by atoms with Gasteiger partial charge in [-0.15, -0.1) is 0 Å². The van der Waals surface area contributed by atoms with E-state index in [-0.39, 0.29) is 12.3 Å². The number of rotatable bonds is 11. The van der Waals surface area contributed by atoms with Crippen LogP contribution in [-0.2, 0) is 16.1 Å². The lowest BCUT2D eigenvalue weighted by Gasteiger charge is -2.36. The molecular formula is C26H36N2O3. The summed E-state index contributed by atoms with van der Waals surface area (Å²) in [5.74, 6) is -0.112. The lowest BCUT2D eigenvalue weighted by molar-refractivity contribution is -0.141. The molecule has 2 aromatic carbocycles. The summed E-state index contributed by atoms with van der Waals surface area (Å²) in [7, 11) is 0. The number of carbonyl (C=O) groups excluding carboxylic acids is 2. The maximum Gasteiger partial charge on any atom is 0.313 e.